The molecule has 0 saturated carbocycles. The average Bonchev–Trinajstić information content (AvgIpc) is 2.39. The zero-order chi connectivity index (χ0) is 12.8. The highest BCUT2D eigenvalue weighted by Crippen LogP contribution is 2.14. The lowest BCUT2D eigenvalue weighted by Crippen LogP contribution is -2.37. The maximum atomic E-state index is 5.73. The minimum atomic E-state index is 0.505. The molecule has 1 N–H and O–H groups in total. The molecule has 0 amide bonds. The fourth-order valence-corrected chi connectivity index (χ4v) is 2.27. The first-order valence-corrected chi connectivity index (χ1v) is 6.60. The zero-order valence-corrected chi connectivity index (χ0v) is 11.2. The SMILES string of the molecule is COc1cc(C)nc(COCC2CCCCN2)c1. The van der Waals surface area contributed by atoms with Crippen LogP contribution in [0.3, 0.4) is 0 Å². The molecular weight excluding hydrogens is 228 g/mol. The maximum Gasteiger partial charge on any atom is 0.122 e. The van der Waals surface area contributed by atoms with E-state index < -0.39 is 0 Å². The van der Waals surface area contributed by atoms with Crippen LogP contribution in [-0.4, -0.2) is 31.3 Å². The summed E-state index contributed by atoms with van der Waals surface area (Å²) in [5.41, 5.74) is 1.89. The minimum absolute atomic E-state index is 0.505. The van der Waals surface area contributed by atoms with E-state index in [4.69, 9.17) is 9.47 Å². The summed E-state index contributed by atoms with van der Waals surface area (Å²) >= 11 is 0. The first kappa shape index (κ1) is 13.3. The summed E-state index contributed by atoms with van der Waals surface area (Å²) in [7, 11) is 1.67. The third-order valence-electron chi connectivity index (χ3n) is 3.20. The van der Waals surface area contributed by atoms with E-state index in [0.29, 0.717) is 12.6 Å². The molecule has 2 heterocycles. The molecule has 1 aliphatic rings. The van der Waals surface area contributed by atoms with Gasteiger partial charge in [0.25, 0.3) is 0 Å². The summed E-state index contributed by atoms with van der Waals surface area (Å²) in [5.74, 6) is 0.844. The number of nitrogens with one attached hydrogen (secondary N) is 1. The van der Waals surface area contributed by atoms with Gasteiger partial charge in [-0.2, -0.15) is 0 Å². The van der Waals surface area contributed by atoms with Crippen molar-refractivity contribution in [2.75, 3.05) is 20.3 Å². The third-order valence-corrected chi connectivity index (χ3v) is 3.20. The molecular formula is C14H22N2O2. The summed E-state index contributed by atoms with van der Waals surface area (Å²) in [4.78, 5) is 4.44. The monoisotopic (exact) mass is 250 g/mol. The maximum absolute atomic E-state index is 5.73. The van der Waals surface area contributed by atoms with E-state index >= 15 is 0 Å². The highest BCUT2D eigenvalue weighted by molar-refractivity contribution is 5.26. The molecule has 18 heavy (non-hydrogen) atoms. The van der Waals surface area contributed by atoms with Crippen LogP contribution in [0.15, 0.2) is 12.1 Å². The highest BCUT2D eigenvalue weighted by atomic mass is 16.5. The normalized spacial score (nSPS) is 19.8. The summed E-state index contributed by atoms with van der Waals surface area (Å²) in [6.45, 7) is 4.40. The van der Waals surface area contributed by atoms with Crippen LogP contribution in [0.4, 0.5) is 0 Å². The summed E-state index contributed by atoms with van der Waals surface area (Å²) in [6, 6.07) is 4.36. The van der Waals surface area contributed by atoms with E-state index in [9.17, 15) is 0 Å². The smallest absolute Gasteiger partial charge is 0.122 e. The van der Waals surface area contributed by atoms with Gasteiger partial charge >= 0.3 is 0 Å². The fourth-order valence-electron chi connectivity index (χ4n) is 2.27. The number of rotatable bonds is 5. The van der Waals surface area contributed by atoms with Crippen molar-refractivity contribution in [3.05, 3.63) is 23.5 Å². The summed E-state index contributed by atoms with van der Waals surface area (Å²) < 4.78 is 11.0. The van der Waals surface area contributed by atoms with Crippen molar-refractivity contribution >= 4 is 0 Å². The predicted octanol–water partition coefficient (Wildman–Crippen LogP) is 2.06. The number of aromatic nitrogens is 1. The molecule has 0 spiro atoms. The number of hydrogen-bond acceptors (Lipinski definition) is 4. The molecule has 100 valence electrons. The van der Waals surface area contributed by atoms with Crippen LogP contribution in [0.25, 0.3) is 0 Å². The van der Waals surface area contributed by atoms with Crippen molar-refractivity contribution in [1.82, 2.24) is 10.3 Å². The number of aryl methyl sites for hydroxylation is 1. The zero-order valence-electron chi connectivity index (χ0n) is 11.2. The van der Waals surface area contributed by atoms with Crippen molar-refractivity contribution in [3.8, 4) is 5.75 Å². The topological polar surface area (TPSA) is 43.4 Å². The number of methoxy groups -OCH3 is 1. The van der Waals surface area contributed by atoms with E-state index in [1.54, 1.807) is 7.11 Å². The van der Waals surface area contributed by atoms with Gasteiger partial charge in [-0.05, 0) is 26.3 Å². The third kappa shape index (κ3) is 3.96. The second kappa shape index (κ2) is 6.71. The van der Waals surface area contributed by atoms with Gasteiger partial charge in [0.1, 0.15) is 5.75 Å². The van der Waals surface area contributed by atoms with Gasteiger partial charge in [0.05, 0.1) is 26.0 Å². The second-order valence-corrected chi connectivity index (χ2v) is 4.80. The first-order valence-electron chi connectivity index (χ1n) is 6.60. The molecule has 1 aliphatic heterocycles. The lowest BCUT2D eigenvalue weighted by molar-refractivity contribution is 0.0888. The molecule has 0 bridgehead atoms. The van der Waals surface area contributed by atoms with Crippen LogP contribution in [0, 0.1) is 6.92 Å². The van der Waals surface area contributed by atoms with Crippen LogP contribution in [-0.2, 0) is 11.3 Å². The van der Waals surface area contributed by atoms with E-state index in [1.807, 2.05) is 19.1 Å². The van der Waals surface area contributed by atoms with Gasteiger partial charge < -0.3 is 14.8 Å². The van der Waals surface area contributed by atoms with Crippen molar-refractivity contribution in [2.24, 2.45) is 0 Å². The molecule has 1 fully saturated rings. The Balaban J connectivity index is 1.80. The van der Waals surface area contributed by atoms with Crippen molar-refractivity contribution in [2.45, 2.75) is 38.8 Å². The van der Waals surface area contributed by atoms with Gasteiger partial charge in [-0.25, -0.2) is 0 Å². The Bertz CT molecular complexity index is 376. The highest BCUT2D eigenvalue weighted by Gasteiger charge is 2.12. The molecule has 4 nitrogen and oxygen atoms in total. The lowest BCUT2D eigenvalue weighted by atomic mass is 10.1. The van der Waals surface area contributed by atoms with Crippen molar-refractivity contribution < 1.29 is 9.47 Å². The van der Waals surface area contributed by atoms with E-state index in [2.05, 4.69) is 10.3 Å². The Kier molecular flexibility index (Phi) is 4.96. The molecule has 1 aromatic heterocycles. The molecule has 1 saturated heterocycles. The lowest BCUT2D eigenvalue weighted by Gasteiger charge is -2.23. The number of piperidine rings is 1. The Hall–Kier alpha value is -1.13. The van der Waals surface area contributed by atoms with Gasteiger partial charge in [0.15, 0.2) is 0 Å². The minimum Gasteiger partial charge on any atom is -0.497 e. The van der Waals surface area contributed by atoms with Crippen molar-refractivity contribution in [3.63, 3.8) is 0 Å². The van der Waals surface area contributed by atoms with Crippen LogP contribution < -0.4 is 10.1 Å². The number of ether oxygens (including phenoxy) is 2. The average molecular weight is 250 g/mol. The Labute approximate surface area is 109 Å². The van der Waals surface area contributed by atoms with Gasteiger partial charge in [-0.15, -0.1) is 0 Å². The van der Waals surface area contributed by atoms with Gasteiger partial charge in [0, 0.05) is 23.9 Å². The van der Waals surface area contributed by atoms with Gasteiger partial charge in [-0.3, -0.25) is 4.98 Å². The van der Waals surface area contributed by atoms with Gasteiger partial charge in [-0.1, -0.05) is 6.42 Å². The molecule has 1 unspecified atom stereocenters. The summed E-state index contributed by atoms with van der Waals surface area (Å²) in [6.07, 6.45) is 3.80. The molecule has 0 aromatic carbocycles. The predicted molar refractivity (Wildman–Crippen MR) is 70.8 cm³/mol. The second-order valence-electron chi connectivity index (χ2n) is 4.80. The van der Waals surface area contributed by atoms with Crippen LogP contribution in [0.2, 0.25) is 0 Å². The number of nitrogens with zero attached hydrogens (tertiary/aromatic N) is 1. The van der Waals surface area contributed by atoms with Crippen LogP contribution in [0.1, 0.15) is 30.7 Å². The molecule has 4 heteroatoms. The largest absolute Gasteiger partial charge is 0.497 e. The van der Waals surface area contributed by atoms with Crippen molar-refractivity contribution in [1.29, 1.82) is 0 Å². The Morgan fingerprint density at radius 1 is 1.39 bits per heavy atom. The molecule has 0 aliphatic carbocycles. The molecule has 1 aromatic rings. The van der Waals surface area contributed by atoms with E-state index in [0.717, 1.165) is 30.3 Å². The Morgan fingerprint density at radius 3 is 3.00 bits per heavy atom. The van der Waals surface area contributed by atoms with Crippen LogP contribution >= 0.6 is 0 Å². The van der Waals surface area contributed by atoms with Crippen LogP contribution in [0.5, 0.6) is 5.75 Å². The fraction of sp³-hybridized carbons (Fsp3) is 0.643. The first-order chi connectivity index (χ1) is 8.78. The number of pyridine rings is 1. The number of hydrogen-bond donors (Lipinski definition) is 1. The Morgan fingerprint density at radius 2 is 2.28 bits per heavy atom. The van der Waals surface area contributed by atoms with E-state index in [1.165, 1.54) is 19.3 Å². The molecule has 2 rings (SSSR count). The molecule has 1 atom stereocenters. The standard InChI is InChI=1S/C14H22N2O2/c1-11-7-14(17-2)8-13(16-11)10-18-9-12-5-3-4-6-15-12/h7-8,12,15H,3-6,9-10H2,1-2H3. The molecule has 0 radical (unpaired) electrons. The van der Waals surface area contributed by atoms with E-state index in [-0.39, 0.29) is 0 Å². The quantitative estimate of drug-likeness (QED) is 0.868. The van der Waals surface area contributed by atoms with Gasteiger partial charge in [0.2, 0.25) is 0 Å². The summed E-state index contributed by atoms with van der Waals surface area (Å²) in [5, 5.41) is 3.47.